The fourth-order valence-corrected chi connectivity index (χ4v) is 3.93. The Hall–Kier alpha value is -2.76. The molecule has 3 aromatic rings. The highest BCUT2D eigenvalue weighted by molar-refractivity contribution is 7.22. The van der Waals surface area contributed by atoms with Crippen molar-refractivity contribution >= 4 is 45.0 Å². The van der Waals surface area contributed by atoms with E-state index >= 15 is 0 Å². The average Bonchev–Trinajstić information content (AvgIpc) is 3.14. The fourth-order valence-electron chi connectivity index (χ4n) is 2.91. The number of nitrogens with zero attached hydrogens (tertiary/aromatic N) is 3. The molecule has 0 radical (unpaired) electrons. The average molecular weight is 506 g/mol. The summed E-state index contributed by atoms with van der Waals surface area (Å²) >= 11 is 1.11. The lowest BCUT2D eigenvalue weighted by atomic mass is 10.1. The number of rotatable bonds is 8. The van der Waals surface area contributed by atoms with Crippen molar-refractivity contribution in [2.45, 2.75) is 6.36 Å². The molecule has 1 heterocycles. The van der Waals surface area contributed by atoms with Gasteiger partial charge in [-0.3, -0.25) is 9.69 Å². The van der Waals surface area contributed by atoms with Crippen LogP contribution in [0, 0.1) is 0 Å². The van der Waals surface area contributed by atoms with Crippen LogP contribution in [0.15, 0.2) is 36.4 Å². The quantitative estimate of drug-likeness (QED) is 0.436. The lowest BCUT2D eigenvalue weighted by Crippen LogP contribution is -2.36. The maximum atomic E-state index is 13.4. The van der Waals surface area contributed by atoms with E-state index in [0.717, 1.165) is 11.3 Å². The van der Waals surface area contributed by atoms with Crippen molar-refractivity contribution in [3.05, 3.63) is 42.0 Å². The van der Waals surface area contributed by atoms with Crippen molar-refractivity contribution in [3.63, 3.8) is 0 Å². The number of benzene rings is 2. The van der Waals surface area contributed by atoms with E-state index in [-0.39, 0.29) is 24.1 Å². The van der Waals surface area contributed by atoms with E-state index in [9.17, 15) is 18.0 Å². The van der Waals surface area contributed by atoms with E-state index in [1.165, 1.54) is 37.3 Å². The number of thiazole rings is 1. The number of hydrogen-bond donors (Lipinski definition) is 0. The Bertz CT molecular complexity index is 1110. The molecular weight excluding hydrogens is 483 g/mol. The normalized spacial score (nSPS) is 11.3. The summed E-state index contributed by atoms with van der Waals surface area (Å²) in [7, 11) is 6.72. The lowest BCUT2D eigenvalue weighted by molar-refractivity contribution is -0.274. The highest BCUT2D eigenvalue weighted by Crippen LogP contribution is 2.34. The number of hydrogen-bond acceptors (Lipinski definition) is 7. The van der Waals surface area contributed by atoms with Gasteiger partial charge in [0, 0.05) is 24.7 Å². The molecule has 0 saturated heterocycles. The van der Waals surface area contributed by atoms with Gasteiger partial charge in [0.05, 0.1) is 24.4 Å². The number of likely N-dealkylation sites (N-methyl/N-ethyl adjacent to an activating group) is 1. The molecule has 0 aliphatic carbocycles. The third kappa shape index (κ3) is 6.62. The smallest absolute Gasteiger partial charge is 0.493 e. The number of carbonyl (C=O) groups is 1. The van der Waals surface area contributed by atoms with Gasteiger partial charge in [0.1, 0.15) is 5.75 Å². The van der Waals surface area contributed by atoms with Gasteiger partial charge in [0.15, 0.2) is 16.6 Å². The summed E-state index contributed by atoms with van der Waals surface area (Å²) in [6, 6.07) is 8.72. The van der Waals surface area contributed by atoms with E-state index in [4.69, 9.17) is 9.47 Å². The largest absolute Gasteiger partial charge is 0.573 e. The zero-order chi connectivity index (χ0) is 23.5. The van der Waals surface area contributed by atoms with Gasteiger partial charge in [-0.05, 0) is 44.4 Å². The first-order chi connectivity index (χ1) is 15.1. The van der Waals surface area contributed by atoms with Gasteiger partial charge >= 0.3 is 6.36 Å². The van der Waals surface area contributed by atoms with Gasteiger partial charge in [-0.15, -0.1) is 25.6 Å². The van der Waals surface area contributed by atoms with E-state index in [0.29, 0.717) is 45.5 Å². The number of fused-ring (bicyclic) bond motifs is 1. The first-order valence-corrected chi connectivity index (χ1v) is 10.3. The molecule has 0 unspecified atom stereocenters. The number of ether oxygens (including phenoxy) is 3. The summed E-state index contributed by atoms with van der Waals surface area (Å²) in [6.45, 7) is 0.878. The first kappa shape index (κ1) is 26.5. The van der Waals surface area contributed by atoms with Crippen molar-refractivity contribution in [1.82, 2.24) is 9.88 Å². The number of alkyl halides is 3. The molecule has 0 aliphatic heterocycles. The zero-order valence-electron chi connectivity index (χ0n) is 18.3. The van der Waals surface area contributed by atoms with E-state index in [1.807, 2.05) is 19.0 Å². The molecule has 33 heavy (non-hydrogen) atoms. The van der Waals surface area contributed by atoms with Crippen LogP contribution in [0.3, 0.4) is 0 Å². The highest BCUT2D eigenvalue weighted by atomic mass is 35.5. The van der Waals surface area contributed by atoms with Gasteiger partial charge in [-0.1, -0.05) is 11.3 Å². The van der Waals surface area contributed by atoms with Crippen LogP contribution in [0.2, 0.25) is 0 Å². The van der Waals surface area contributed by atoms with Crippen LogP contribution in [-0.2, 0) is 0 Å². The van der Waals surface area contributed by atoms with Gasteiger partial charge in [-0.2, -0.15) is 0 Å². The monoisotopic (exact) mass is 505 g/mol. The third-order valence-corrected chi connectivity index (χ3v) is 5.50. The number of carbonyl (C=O) groups excluding carboxylic acids is 1. The number of anilines is 1. The molecule has 180 valence electrons. The van der Waals surface area contributed by atoms with Crippen molar-refractivity contribution in [1.29, 1.82) is 0 Å². The van der Waals surface area contributed by atoms with Crippen molar-refractivity contribution < 1.29 is 32.2 Å². The molecule has 12 heteroatoms. The minimum atomic E-state index is -4.79. The number of methoxy groups -OCH3 is 2. The Labute approximate surface area is 199 Å². The molecule has 0 atom stereocenters. The predicted molar refractivity (Wildman–Crippen MR) is 123 cm³/mol. The van der Waals surface area contributed by atoms with Crippen LogP contribution in [0.25, 0.3) is 10.2 Å². The second-order valence-electron chi connectivity index (χ2n) is 7.00. The molecule has 7 nitrogen and oxygen atoms in total. The minimum absolute atomic E-state index is 0. The lowest BCUT2D eigenvalue weighted by Gasteiger charge is -2.22. The maximum Gasteiger partial charge on any atom is 0.573 e. The second kappa shape index (κ2) is 10.9. The second-order valence-corrected chi connectivity index (χ2v) is 8.01. The number of halogens is 4. The Balaban J connectivity index is 0.00000385. The first-order valence-electron chi connectivity index (χ1n) is 9.46. The molecule has 2 aromatic carbocycles. The van der Waals surface area contributed by atoms with Crippen molar-refractivity contribution in [3.8, 4) is 17.2 Å². The van der Waals surface area contributed by atoms with Crippen LogP contribution in [0.5, 0.6) is 17.2 Å². The predicted octanol–water partition coefficient (Wildman–Crippen LogP) is 4.84. The van der Waals surface area contributed by atoms with Crippen LogP contribution in [-0.4, -0.2) is 63.6 Å². The topological polar surface area (TPSA) is 64.1 Å². The van der Waals surface area contributed by atoms with Gasteiger partial charge in [-0.25, -0.2) is 4.98 Å². The van der Waals surface area contributed by atoms with Gasteiger partial charge < -0.3 is 19.1 Å². The summed E-state index contributed by atoms with van der Waals surface area (Å²) in [5.74, 6) is 0.232. The van der Waals surface area contributed by atoms with Gasteiger partial charge in [0.2, 0.25) is 0 Å². The summed E-state index contributed by atoms with van der Waals surface area (Å²) in [5.41, 5.74) is 0.830. The summed E-state index contributed by atoms with van der Waals surface area (Å²) < 4.78 is 52.6. The molecule has 3 rings (SSSR count). The third-order valence-electron chi connectivity index (χ3n) is 4.46. The Morgan fingerprint density at radius 2 is 1.73 bits per heavy atom. The molecule has 1 aromatic heterocycles. The van der Waals surface area contributed by atoms with E-state index in [1.54, 1.807) is 18.2 Å². The van der Waals surface area contributed by atoms with Crippen LogP contribution >= 0.6 is 23.7 Å². The molecule has 0 saturated carbocycles. The van der Waals surface area contributed by atoms with Crippen LogP contribution in [0.1, 0.15) is 10.4 Å². The summed E-state index contributed by atoms with van der Waals surface area (Å²) in [6.07, 6.45) is -4.79. The highest BCUT2D eigenvalue weighted by Gasteiger charge is 2.31. The molecule has 0 bridgehead atoms. The number of amides is 1. The number of aromatic nitrogens is 1. The van der Waals surface area contributed by atoms with Crippen LogP contribution in [0.4, 0.5) is 18.3 Å². The standard InChI is InChI=1S/C21H22F3N3O4S.ClH/c1-26(2)9-10-27(19(28)13-5-8-16(29-3)17(11-13)30-4)20-25-15-7-6-14(12-18(15)32-20)31-21(22,23)24;/h5-8,11-12H,9-10H2,1-4H3;1H. The Morgan fingerprint density at radius 3 is 2.33 bits per heavy atom. The van der Waals surface area contributed by atoms with Gasteiger partial charge in [0.25, 0.3) is 5.91 Å². The van der Waals surface area contributed by atoms with E-state index in [2.05, 4.69) is 9.72 Å². The Morgan fingerprint density at radius 1 is 1.03 bits per heavy atom. The molecule has 0 aliphatic rings. The molecule has 0 fully saturated rings. The summed E-state index contributed by atoms with van der Waals surface area (Å²) in [4.78, 5) is 21.2. The van der Waals surface area contributed by atoms with Crippen LogP contribution < -0.4 is 19.1 Å². The van der Waals surface area contributed by atoms with E-state index < -0.39 is 6.36 Å². The Kier molecular flexibility index (Phi) is 8.76. The SMILES string of the molecule is COc1ccc(C(=O)N(CCN(C)C)c2nc3ccc(OC(F)(F)F)cc3s2)cc1OC.Cl. The molecule has 1 amide bonds. The van der Waals surface area contributed by atoms with Crippen molar-refractivity contribution in [2.75, 3.05) is 46.3 Å². The molecular formula is C21H23ClF3N3O4S. The fraction of sp³-hybridized carbons (Fsp3) is 0.333. The van der Waals surface area contributed by atoms with Crippen molar-refractivity contribution in [2.24, 2.45) is 0 Å². The molecule has 0 spiro atoms. The zero-order valence-corrected chi connectivity index (χ0v) is 19.9. The minimum Gasteiger partial charge on any atom is -0.493 e. The maximum absolute atomic E-state index is 13.4. The summed E-state index contributed by atoms with van der Waals surface area (Å²) in [5, 5.41) is 0.366. The molecule has 0 N–H and O–H groups in total.